The second-order valence-corrected chi connectivity index (χ2v) is 5.43. The van der Waals surface area contributed by atoms with Crippen molar-refractivity contribution in [3.05, 3.63) is 0 Å². The summed E-state index contributed by atoms with van der Waals surface area (Å²) in [5, 5.41) is 3.05. The lowest BCUT2D eigenvalue weighted by Crippen LogP contribution is -2.42. The molecule has 22 heavy (non-hydrogen) atoms. The van der Waals surface area contributed by atoms with Crippen LogP contribution in [0.5, 0.6) is 0 Å². The Hall–Kier alpha value is -1.38. The van der Waals surface area contributed by atoms with E-state index < -0.39 is 0 Å². The van der Waals surface area contributed by atoms with Gasteiger partial charge in [0.15, 0.2) is 5.96 Å². The molecule has 8 heteroatoms. The summed E-state index contributed by atoms with van der Waals surface area (Å²) in [5.41, 5.74) is 5.78. The van der Waals surface area contributed by atoms with Crippen LogP contribution in [0.25, 0.3) is 0 Å². The fourth-order valence-corrected chi connectivity index (χ4v) is 2.47. The van der Waals surface area contributed by atoms with Crippen molar-refractivity contribution in [2.45, 2.75) is 6.42 Å². The van der Waals surface area contributed by atoms with Gasteiger partial charge in [-0.05, 0) is 13.0 Å². The normalized spacial score (nSPS) is 20.9. The molecular weight excluding hydrogens is 286 g/mol. The van der Waals surface area contributed by atoms with Crippen LogP contribution >= 0.6 is 0 Å². The highest BCUT2D eigenvalue weighted by Crippen LogP contribution is 1.98. The number of carbonyl (C=O) groups excluding carboxylic acids is 1. The molecule has 0 aromatic carbocycles. The standard InChI is InChI=1S/C14H27N5O3/c15-14(16-2-1-3-18-4-8-21-9-5-18)17-12-13(20)19-6-10-22-11-7-19/h1-12H2,(H3,15,16,17). The zero-order chi connectivity index (χ0) is 15.6. The van der Waals surface area contributed by atoms with Gasteiger partial charge in [-0.1, -0.05) is 0 Å². The van der Waals surface area contributed by atoms with E-state index in [9.17, 15) is 4.79 Å². The lowest BCUT2D eigenvalue weighted by atomic mass is 10.3. The molecule has 0 aromatic heterocycles. The second-order valence-electron chi connectivity index (χ2n) is 5.43. The van der Waals surface area contributed by atoms with E-state index >= 15 is 0 Å². The Kier molecular flexibility index (Phi) is 7.41. The molecule has 0 atom stereocenters. The van der Waals surface area contributed by atoms with Gasteiger partial charge in [0.1, 0.15) is 6.54 Å². The first-order chi connectivity index (χ1) is 10.8. The molecule has 2 rings (SSSR count). The number of hydrogen-bond acceptors (Lipinski definition) is 5. The van der Waals surface area contributed by atoms with Crippen LogP contribution in [0, 0.1) is 0 Å². The number of carbonyl (C=O) groups is 1. The summed E-state index contributed by atoms with van der Waals surface area (Å²) < 4.78 is 10.5. The van der Waals surface area contributed by atoms with Crippen molar-refractivity contribution in [2.75, 3.05) is 72.2 Å². The van der Waals surface area contributed by atoms with E-state index in [0.717, 1.165) is 45.8 Å². The number of aliphatic imine (C=N–C) groups is 1. The van der Waals surface area contributed by atoms with Gasteiger partial charge < -0.3 is 25.4 Å². The number of guanidine groups is 1. The van der Waals surface area contributed by atoms with Crippen molar-refractivity contribution in [2.24, 2.45) is 10.7 Å². The molecule has 0 unspecified atom stereocenters. The lowest BCUT2D eigenvalue weighted by Gasteiger charge is -2.26. The number of ether oxygens (including phenoxy) is 2. The van der Waals surface area contributed by atoms with Crippen LogP contribution in [-0.2, 0) is 14.3 Å². The van der Waals surface area contributed by atoms with Gasteiger partial charge in [0, 0.05) is 32.7 Å². The average molecular weight is 313 g/mol. The van der Waals surface area contributed by atoms with Crippen LogP contribution in [-0.4, -0.2) is 93.9 Å². The molecule has 0 radical (unpaired) electrons. The molecule has 126 valence electrons. The van der Waals surface area contributed by atoms with Gasteiger partial charge in [0.25, 0.3) is 0 Å². The number of hydrogen-bond donors (Lipinski definition) is 2. The third-order valence-electron chi connectivity index (χ3n) is 3.81. The summed E-state index contributed by atoms with van der Waals surface area (Å²) in [6, 6.07) is 0. The van der Waals surface area contributed by atoms with Gasteiger partial charge in [-0.3, -0.25) is 9.69 Å². The highest BCUT2D eigenvalue weighted by atomic mass is 16.5. The molecule has 0 aliphatic carbocycles. The summed E-state index contributed by atoms with van der Waals surface area (Å²) >= 11 is 0. The van der Waals surface area contributed by atoms with Crippen molar-refractivity contribution in [3.8, 4) is 0 Å². The van der Waals surface area contributed by atoms with Gasteiger partial charge >= 0.3 is 0 Å². The summed E-state index contributed by atoms with van der Waals surface area (Å²) in [5.74, 6) is 0.338. The summed E-state index contributed by atoms with van der Waals surface area (Å²) in [7, 11) is 0. The zero-order valence-corrected chi connectivity index (χ0v) is 13.1. The molecule has 2 fully saturated rings. The quantitative estimate of drug-likeness (QED) is 0.351. The molecule has 2 heterocycles. The fourth-order valence-electron chi connectivity index (χ4n) is 2.47. The number of rotatable bonds is 6. The van der Waals surface area contributed by atoms with Crippen LogP contribution in [0.15, 0.2) is 4.99 Å². The minimum absolute atomic E-state index is 0.00127. The van der Waals surface area contributed by atoms with E-state index in [1.807, 2.05) is 0 Å². The fraction of sp³-hybridized carbons (Fsp3) is 0.857. The molecule has 2 saturated heterocycles. The molecule has 0 bridgehead atoms. The van der Waals surface area contributed by atoms with Crippen molar-refractivity contribution in [1.29, 1.82) is 0 Å². The minimum atomic E-state index is 0.00127. The maximum Gasteiger partial charge on any atom is 0.244 e. The van der Waals surface area contributed by atoms with Crippen LogP contribution in [0.2, 0.25) is 0 Å². The van der Waals surface area contributed by atoms with E-state index in [0.29, 0.717) is 32.3 Å². The van der Waals surface area contributed by atoms with E-state index in [4.69, 9.17) is 15.2 Å². The van der Waals surface area contributed by atoms with E-state index in [1.54, 1.807) is 4.90 Å². The smallest absolute Gasteiger partial charge is 0.244 e. The number of nitrogens with two attached hydrogens (primary N) is 1. The van der Waals surface area contributed by atoms with Crippen molar-refractivity contribution in [1.82, 2.24) is 15.1 Å². The topological polar surface area (TPSA) is 92.4 Å². The monoisotopic (exact) mass is 313 g/mol. The van der Waals surface area contributed by atoms with Gasteiger partial charge in [-0.15, -0.1) is 0 Å². The third-order valence-corrected chi connectivity index (χ3v) is 3.81. The molecule has 2 aliphatic rings. The molecule has 0 spiro atoms. The molecule has 0 aromatic rings. The highest BCUT2D eigenvalue weighted by molar-refractivity contribution is 5.84. The Morgan fingerprint density at radius 2 is 1.73 bits per heavy atom. The van der Waals surface area contributed by atoms with Gasteiger partial charge in [-0.2, -0.15) is 0 Å². The SMILES string of the molecule is NC(=NCC(=O)N1CCOCC1)NCCCN1CCOCC1. The second kappa shape index (κ2) is 9.60. The van der Waals surface area contributed by atoms with Crippen molar-refractivity contribution in [3.63, 3.8) is 0 Å². The first-order valence-electron chi connectivity index (χ1n) is 7.95. The maximum atomic E-state index is 11.9. The van der Waals surface area contributed by atoms with E-state index in [2.05, 4.69) is 15.2 Å². The maximum absolute atomic E-state index is 11.9. The molecule has 8 nitrogen and oxygen atoms in total. The molecule has 0 saturated carbocycles. The van der Waals surface area contributed by atoms with Gasteiger partial charge in [0.2, 0.25) is 5.91 Å². The summed E-state index contributed by atoms with van der Waals surface area (Å²) in [6.07, 6.45) is 0.994. The number of nitrogens with one attached hydrogen (secondary N) is 1. The molecule has 2 aliphatic heterocycles. The average Bonchev–Trinajstić information content (AvgIpc) is 2.58. The Morgan fingerprint density at radius 3 is 2.41 bits per heavy atom. The van der Waals surface area contributed by atoms with Crippen molar-refractivity contribution < 1.29 is 14.3 Å². The molecule has 1 amide bonds. The van der Waals surface area contributed by atoms with Gasteiger partial charge in [-0.25, -0.2) is 4.99 Å². The van der Waals surface area contributed by atoms with Crippen LogP contribution in [0.1, 0.15) is 6.42 Å². The van der Waals surface area contributed by atoms with Crippen molar-refractivity contribution >= 4 is 11.9 Å². The largest absolute Gasteiger partial charge is 0.379 e. The first kappa shape index (κ1) is 17.0. The minimum Gasteiger partial charge on any atom is -0.379 e. The molecular formula is C14H27N5O3. The van der Waals surface area contributed by atoms with Crippen LogP contribution in [0.4, 0.5) is 0 Å². The van der Waals surface area contributed by atoms with Crippen LogP contribution in [0.3, 0.4) is 0 Å². The highest BCUT2D eigenvalue weighted by Gasteiger charge is 2.16. The zero-order valence-electron chi connectivity index (χ0n) is 13.1. The first-order valence-corrected chi connectivity index (χ1v) is 7.95. The Bertz CT molecular complexity index is 365. The lowest BCUT2D eigenvalue weighted by molar-refractivity contribution is -0.133. The van der Waals surface area contributed by atoms with E-state index in [-0.39, 0.29) is 12.5 Å². The summed E-state index contributed by atoms with van der Waals surface area (Å²) in [4.78, 5) is 20.1. The third kappa shape index (κ3) is 6.17. The Morgan fingerprint density at radius 1 is 1.09 bits per heavy atom. The van der Waals surface area contributed by atoms with Gasteiger partial charge in [0.05, 0.1) is 26.4 Å². The predicted octanol–water partition coefficient (Wildman–Crippen LogP) is -1.53. The number of morpholine rings is 2. The van der Waals surface area contributed by atoms with E-state index in [1.165, 1.54) is 0 Å². The number of nitrogens with zero attached hydrogens (tertiary/aromatic N) is 3. The Labute approximate surface area is 131 Å². The molecule has 3 N–H and O–H groups in total. The van der Waals surface area contributed by atoms with Crippen LogP contribution < -0.4 is 11.1 Å². The predicted molar refractivity (Wildman–Crippen MR) is 83.8 cm³/mol. The summed E-state index contributed by atoms with van der Waals surface area (Å²) in [6.45, 7) is 8.01. The Balaban J connectivity index is 1.55. The number of amides is 1.